The molecule has 0 amide bonds. The third-order valence-electron chi connectivity index (χ3n) is 2.06. The average molecular weight is 242 g/mol. The van der Waals surface area contributed by atoms with Gasteiger partial charge in [0.15, 0.2) is 11.6 Å². The third kappa shape index (κ3) is 1.77. The maximum absolute atomic E-state index is 13.7. The number of tetrazole rings is 1. The Labute approximate surface area is 96.0 Å². The highest BCUT2D eigenvalue weighted by molar-refractivity contribution is 6.30. The van der Waals surface area contributed by atoms with Crippen molar-refractivity contribution in [3.8, 4) is 5.69 Å². The van der Waals surface area contributed by atoms with Crippen LogP contribution in [0.1, 0.15) is 18.8 Å². The molecule has 0 saturated heterocycles. The Balaban J connectivity index is 2.59. The largest absolute Gasteiger partial charge is 0.321 e. The zero-order chi connectivity index (χ0) is 11.7. The van der Waals surface area contributed by atoms with E-state index in [4.69, 9.17) is 17.3 Å². The van der Waals surface area contributed by atoms with E-state index in [2.05, 4.69) is 15.5 Å². The molecule has 0 aliphatic carbocycles. The molecule has 0 bridgehead atoms. The molecule has 7 heteroatoms. The van der Waals surface area contributed by atoms with Gasteiger partial charge in [-0.05, 0) is 29.5 Å². The van der Waals surface area contributed by atoms with Crippen molar-refractivity contribution in [3.63, 3.8) is 0 Å². The van der Waals surface area contributed by atoms with Gasteiger partial charge < -0.3 is 5.73 Å². The lowest BCUT2D eigenvalue weighted by Crippen LogP contribution is -2.14. The van der Waals surface area contributed by atoms with Crippen molar-refractivity contribution in [2.75, 3.05) is 0 Å². The van der Waals surface area contributed by atoms with Crippen LogP contribution in [-0.2, 0) is 0 Å². The SMILES string of the molecule is CC(N)c1nnnn1-c1cccc(Cl)c1F. The Morgan fingerprint density at radius 1 is 1.50 bits per heavy atom. The van der Waals surface area contributed by atoms with Crippen molar-refractivity contribution in [2.45, 2.75) is 13.0 Å². The van der Waals surface area contributed by atoms with Crippen LogP contribution >= 0.6 is 11.6 Å². The van der Waals surface area contributed by atoms with Crippen LogP contribution in [0.25, 0.3) is 5.69 Å². The highest BCUT2D eigenvalue weighted by Crippen LogP contribution is 2.22. The fourth-order valence-corrected chi connectivity index (χ4v) is 1.48. The van der Waals surface area contributed by atoms with E-state index in [1.54, 1.807) is 13.0 Å². The van der Waals surface area contributed by atoms with Crippen molar-refractivity contribution < 1.29 is 4.39 Å². The van der Waals surface area contributed by atoms with Gasteiger partial charge in [-0.3, -0.25) is 0 Å². The van der Waals surface area contributed by atoms with E-state index in [1.807, 2.05) is 0 Å². The molecule has 0 aliphatic heterocycles. The lowest BCUT2D eigenvalue weighted by atomic mass is 10.3. The van der Waals surface area contributed by atoms with Crippen LogP contribution in [0.3, 0.4) is 0 Å². The van der Waals surface area contributed by atoms with Crippen LogP contribution in [0.4, 0.5) is 4.39 Å². The highest BCUT2D eigenvalue weighted by atomic mass is 35.5. The summed E-state index contributed by atoms with van der Waals surface area (Å²) in [6.07, 6.45) is 0. The van der Waals surface area contributed by atoms with Crippen molar-refractivity contribution >= 4 is 11.6 Å². The van der Waals surface area contributed by atoms with Gasteiger partial charge in [0, 0.05) is 0 Å². The zero-order valence-corrected chi connectivity index (χ0v) is 9.19. The molecule has 0 saturated carbocycles. The predicted molar refractivity (Wildman–Crippen MR) is 56.7 cm³/mol. The number of nitrogens with two attached hydrogens (primary N) is 1. The molecule has 0 spiro atoms. The predicted octanol–water partition coefficient (Wildman–Crippen LogP) is 1.47. The van der Waals surface area contributed by atoms with Crippen LogP contribution in [-0.4, -0.2) is 20.2 Å². The van der Waals surface area contributed by atoms with Gasteiger partial charge in [0.25, 0.3) is 0 Å². The van der Waals surface area contributed by atoms with E-state index in [-0.39, 0.29) is 10.7 Å². The maximum atomic E-state index is 13.7. The maximum Gasteiger partial charge on any atom is 0.173 e. The number of halogens is 2. The summed E-state index contributed by atoms with van der Waals surface area (Å²) in [5.74, 6) is -0.195. The highest BCUT2D eigenvalue weighted by Gasteiger charge is 2.16. The molecule has 0 radical (unpaired) electrons. The topological polar surface area (TPSA) is 69.6 Å². The minimum atomic E-state index is -0.571. The summed E-state index contributed by atoms with van der Waals surface area (Å²) in [6, 6.07) is 4.21. The fraction of sp³-hybridized carbons (Fsp3) is 0.222. The smallest absolute Gasteiger partial charge is 0.173 e. The first kappa shape index (κ1) is 11.0. The number of nitrogens with zero attached hydrogens (tertiary/aromatic N) is 4. The molecule has 1 atom stereocenters. The molecule has 5 nitrogen and oxygen atoms in total. The number of aromatic nitrogens is 4. The second-order valence-electron chi connectivity index (χ2n) is 3.31. The molecule has 16 heavy (non-hydrogen) atoms. The van der Waals surface area contributed by atoms with E-state index >= 15 is 0 Å². The van der Waals surface area contributed by atoms with E-state index in [1.165, 1.54) is 16.8 Å². The van der Waals surface area contributed by atoms with Crippen molar-refractivity contribution in [1.29, 1.82) is 0 Å². The summed E-state index contributed by atoms with van der Waals surface area (Å²) < 4.78 is 15.0. The van der Waals surface area contributed by atoms with Gasteiger partial charge in [0.1, 0.15) is 5.69 Å². The first-order valence-corrected chi connectivity index (χ1v) is 4.97. The summed E-state index contributed by atoms with van der Waals surface area (Å²) in [7, 11) is 0. The minimum absolute atomic E-state index is 0.0172. The number of hydrogen-bond donors (Lipinski definition) is 1. The molecule has 0 fully saturated rings. The van der Waals surface area contributed by atoms with Crippen LogP contribution in [0.5, 0.6) is 0 Å². The van der Waals surface area contributed by atoms with Crippen molar-refractivity contribution in [3.05, 3.63) is 34.9 Å². The minimum Gasteiger partial charge on any atom is -0.321 e. The Bertz CT molecular complexity index is 510. The monoisotopic (exact) mass is 241 g/mol. The summed E-state index contributed by atoms with van der Waals surface area (Å²) in [5, 5.41) is 10.9. The first-order valence-electron chi connectivity index (χ1n) is 4.59. The molecular formula is C9H9ClFN5. The Morgan fingerprint density at radius 2 is 2.25 bits per heavy atom. The fourth-order valence-electron chi connectivity index (χ4n) is 1.31. The summed E-state index contributed by atoms with van der Waals surface area (Å²) in [5.41, 5.74) is 5.85. The summed E-state index contributed by atoms with van der Waals surface area (Å²) >= 11 is 5.67. The zero-order valence-electron chi connectivity index (χ0n) is 8.43. The van der Waals surface area contributed by atoms with E-state index in [0.29, 0.717) is 5.82 Å². The van der Waals surface area contributed by atoms with Gasteiger partial charge in [-0.1, -0.05) is 17.7 Å². The van der Waals surface area contributed by atoms with Gasteiger partial charge in [-0.2, -0.15) is 4.68 Å². The molecule has 1 aromatic carbocycles. The first-order chi connectivity index (χ1) is 7.61. The van der Waals surface area contributed by atoms with E-state index in [0.717, 1.165) is 0 Å². The molecule has 1 aromatic heterocycles. The Morgan fingerprint density at radius 3 is 2.94 bits per heavy atom. The van der Waals surface area contributed by atoms with Gasteiger partial charge in [0.05, 0.1) is 11.1 Å². The molecule has 1 unspecified atom stereocenters. The van der Waals surface area contributed by atoms with Crippen molar-refractivity contribution in [1.82, 2.24) is 20.2 Å². The van der Waals surface area contributed by atoms with E-state index < -0.39 is 11.9 Å². The Hall–Kier alpha value is -1.53. The number of benzene rings is 1. The summed E-state index contributed by atoms with van der Waals surface area (Å²) in [6.45, 7) is 1.71. The van der Waals surface area contributed by atoms with Crippen LogP contribution < -0.4 is 5.73 Å². The lowest BCUT2D eigenvalue weighted by molar-refractivity contribution is 0.595. The van der Waals surface area contributed by atoms with Gasteiger partial charge in [0.2, 0.25) is 0 Å². The molecule has 0 aliphatic rings. The quantitative estimate of drug-likeness (QED) is 0.865. The lowest BCUT2D eigenvalue weighted by Gasteiger charge is -2.08. The molecule has 2 N–H and O–H groups in total. The second kappa shape index (κ2) is 4.15. The average Bonchev–Trinajstić information content (AvgIpc) is 2.70. The number of rotatable bonds is 2. The van der Waals surface area contributed by atoms with E-state index in [9.17, 15) is 4.39 Å². The summed E-state index contributed by atoms with van der Waals surface area (Å²) in [4.78, 5) is 0. The van der Waals surface area contributed by atoms with Gasteiger partial charge in [-0.25, -0.2) is 4.39 Å². The van der Waals surface area contributed by atoms with Crippen LogP contribution in [0, 0.1) is 5.82 Å². The molecular weight excluding hydrogens is 233 g/mol. The van der Waals surface area contributed by atoms with Gasteiger partial charge in [-0.15, -0.1) is 5.10 Å². The third-order valence-corrected chi connectivity index (χ3v) is 2.35. The second-order valence-corrected chi connectivity index (χ2v) is 3.72. The van der Waals surface area contributed by atoms with Crippen molar-refractivity contribution in [2.24, 2.45) is 5.73 Å². The molecule has 2 aromatic rings. The standard InChI is InChI=1S/C9H9ClFN5/c1-5(12)9-13-14-15-16(9)7-4-2-3-6(10)8(7)11/h2-5H,12H2,1H3. The van der Waals surface area contributed by atoms with Gasteiger partial charge >= 0.3 is 0 Å². The van der Waals surface area contributed by atoms with Crippen LogP contribution in [0.15, 0.2) is 18.2 Å². The van der Waals surface area contributed by atoms with Crippen LogP contribution in [0.2, 0.25) is 5.02 Å². The molecule has 2 rings (SSSR count). The Kier molecular flexibility index (Phi) is 2.84. The molecule has 1 heterocycles. The molecule has 84 valence electrons. The normalized spacial score (nSPS) is 12.8. The number of hydrogen-bond acceptors (Lipinski definition) is 4.